The fourth-order valence-corrected chi connectivity index (χ4v) is 3.64. The van der Waals surface area contributed by atoms with Crippen molar-refractivity contribution in [3.63, 3.8) is 0 Å². The molecular formula is C14H26N2Na2O6S. The van der Waals surface area contributed by atoms with E-state index >= 15 is 0 Å². The van der Waals surface area contributed by atoms with Crippen molar-refractivity contribution in [3.8, 4) is 0 Å². The van der Waals surface area contributed by atoms with Crippen LogP contribution in [0.25, 0.3) is 0 Å². The number of nitrogens with zero attached hydrogens (tertiary/aromatic N) is 2. The minimum Gasteiger partial charge on any atom is -0.550 e. The Kier molecular flexibility index (Phi) is 20.7. The Morgan fingerprint density at radius 1 is 0.960 bits per heavy atom. The van der Waals surface area contributed by atoms with Crippen LogP contribution in [0.15, 0.2) is 0 Å². The van der Waals surface area contributed by atoms with E-state index in [1.807, 2.05) is 6.92 Å². The second kappa shape index (κ2) is 16.9. The molecule has 0 fully saturated rings. The van der Waals surface area contributed by atoms with Crippen molar-refractivity contribution in [1.29, 1.82) is 0 Å². The van der Waals surface area contributed by atoms with Gasteiger partial charge in [-0.2, -0.15) is 4.31 Å². The number of sulfonamides is 1. The molecule has 0 heterocycles. The van der Waals surface area contributed by atoms with Gasteiger partial charge in [0, 0.05) is 25.6 Å². The zero-order valence-corrected chi connectivity index (χ0v) is 20.6. The van der Waals surface area contributed by atoms with Crippen LogP contribution in [0.2, 0.25) is 0 Å². The molecule has 0 aromatic carbocycles. The van der Waals surface area contributed by atoms with Crippen molar-refractivity contribution in [2.75, 3.05) is 32.1 Å². The number of aliphatic carboxylic acids is 2. The zero-order valence-electron chi connectivity index (χ0n) is 15.8. The molecular weight excluding hydrogens is 370 g/mol. The third-order valence-electron chi connectivity index (χ3n) is 3.34. The van der Waals surface area contributed by atoms with E-state index in [1.54, 1.807) is 6.92 Å². The van der Waals surface area contributed by atoms with Crippen molar-refractivity contribution in [2.45, 2.75) is 46.0 Å². The zero-order chi connectivity index (χ0) is 17.9. The molecule has 0 amide bonds. The van der Waals surface area contributed by atoms with Gasteiger partial charge in [-0.3, -0.25) is 4.90 Å². The van der Waals surface area contributed by atoms with Gasteiger partial charge < -0.3 is 19.8 Å². The fourth-order valence-electron chi connectivity index (χ4n) is 2.08. The Morgan fingerprint density at radius 2 is 1.56 bits per heavy atom. The Balaban J connectivity index is -0.00000242. The normalized spacial score (nSPS) is 11.0. The van der Waals surface area contributed by atoms with Gasteiger partial charge in [-0.15, -0.1) is 0 Å². The summed E-state index contributed by atoms with van der Waals surface area (Å²) in [5.41, 5.74) is 0. The molecule has 0 aliphatic heterocycles. The van der Waals surface area contributed by atoms with Gasteiger partial charge in [0.15, 0.2) is 0 Å². The number of carbonyl (C=O) groups excluding carboxylic acids is 2. The molecule has 0 aromatic rings. The molecule has 0 saturated heterocycles. The summed E-state index contributed by atoms with van der Waals surface area (Å²) >= 11 is 0. The maximum Gasteiger partial charge on any atom is 1.00 e. The Bertz CT molecular complexity index is 476. The van der Waals surface area contributed by atoms with Crippen molar-refractivity contribution < 1.29 is 87.3 Å². The van der Waals surface area contributed by atoms with Gasteiger partial charge in [0.1, 0.15) is 0 Å². The van der Waals surface area contributed by atoms with Crippen LogP contribution in [0, 0.1) is 0 Å². The first-order chi connectivity index (χ1) is 10.7. The van der Waals surface area contributed by atoms with Crippen LogP contribution in [0.1, 0.15) is 46.0 Å². The summed E-state index contributed by atoms with van der Waals surface area (Å²) in [5, 5.41) is 21.2. The first-order valence-electron chi connectivity index (χ1n) is 7.82. The summed E-state index contributed by atoms with van der Waals surface area (Å²) in [5.74, 6) is -2.71. The molecule has 11 heteroatoms. The first-order valence-corrected chi connectivity index (χ1v) is 9.43. The second-order valence-corrected chi connectivity index (χ2v) is 7.42. The van der Waals surface area contributed by atoms with Gasteiger partial charge in [0.05, 0.1) is 18.4 Å². The smallest absolute Gasteiger partial charge is 0.550 e. The molecule has 0 saturated carbocycles. The number of carbonyl (C=O) groups is 2. The predicted octanol–water partition coefficient (Wildman–Crippen LogP) is -7.62. The van der Waals surface area contributed by atoms with E-state index in [9.17, 15) is 28.2 Å². The third-order valence-corrected chi connectivity index (χ3v) is 5.31. The second-order valence-electron chi connectivity index (χ2n) is 5.33. The predicted molar refractivity (Wildman–Crippen MR) is 81.4 cm³/mol. The van der Waals surface area contributed by atoms with Gasteiger partial charge in [0.2, 0.25) is 10.0 Å². The van der Waals surface area contributed by atoms with E-state index < -0.39 is 28.5 Å². The monoisotopic (exact) mass is 396 g/mol. The molecule has 0 rings (SSSR count). The molecule has 0 atom stereocenters. The number of carboxylic acid groups (broad SMARTS) is 2. The summed E-state index contributed by atoms with van der Waals surface area (Å²) in [6, 6.07) is 0. The summed E-state index contributed by atoms with van der Waals surface area (Å²) in [4.78, 5) is 22.5. The minimum absolute atomic E-state index is 0. The van der Waals surface area contributed by atoms with Gasteiger partial charge in [0.25, 0.3) is 0 Å². The molecule has 8 nitrogen and oxygen atoms in total. The maximum atomic E-state index is 12.3. The summed E-state index contributed by atoms with van der Waals surface area (Å²) < 4.78 is 25.7. The largest absolute Gasteiger partial charge is 1.00 e. The molecule has 0 N–H and O–H groups in total. The van der Waals surface area contributed by atoms with Gasteiger partial charge in [-0.25, -0.2) is 8.42 Å². The molecule has 0 radical (unpaired) electrons. The van der Waals surface area contributed by atoms with Crippen LogP contribution < -0.4 is 69.3 Å². The van der Waals surface area contributed by atoms with Crippen molar-refractivity contribution in [3.05, 3.63) is 0 Å². The molecule has 0 aliphatic carbocycles. The van der Waals surface area contributed by atoms with Crippen LogP contribution in [0.4, 0.5) is 0 Å². The molecule has 0 unspecified atom stereocenters. The SMILES string of the molecule is CCCCCCS(=O)(=O)N(CC)CN(CCC(=O)[O-])CC(=O)[O-].[Na+].[Na+]. The van der Waals surface area contributed by atoms with E-state index in [0.29, 0.717) is 6.42 Å². The van der Waals surface area contributed by atoms with Crippen LogP contribution in [-0.4, -0.2) is 61.6 Å². The molecule has 0 aromatic heterocycles. The number of rotatable bonds is 14. The quantitative estimate of drug-likeness (QED) is 0.162. The van der Waals surface area contributed by atoms with Gasteiger partial charge >= 0.3 is 59.1 Å². The van der Waals surface area contributed by atoms with E-state index in [2.05, 4.69) is 0 Å². The number of carboxylic acids is 2. The van der Waals surface area contributed by atoms with Gasteiger partial charge in [-0.1, -0.05) is 33.1 Å². The number of unbranched alkanes of at least 4 members (excludes halogenated alkanes) is 3. The Morgan fingerprint density at radius 3 is 2.00 bits per heavy atom. The molecule has 0 spiro atoms. The number of hydrogen-bond donors (Lipinski definition) is 0. The summed E-state index contributed by atoms with van der Waals surface area (Å²) in [6.07, 6.45) is 2.96. The third kappa shape index (κ3) is 15.6. The van der Waals surface area contributed by atoms with E-state index in [-0.39, 0.29) is 91.0 Å². The Hall–Kier alpha value is 0.810. The topological polar surface area (TPSA) is 121 Å². The number of hydrogen-bond acceptors (Lipinski definition) is 7. The molecule has 25 heavy (non-hydrogen) atoms. The van der Waals surface area contributed by atoms with Crippen LogP contribution in [-0.2, 0) is 19.6 Å². The van der Waals surface area contributed by atoms with Crippen molar-refractivity contribution >= 4 is 22.0 Å². The standard InChI is InChI=1S/C14H28N2O6S.2Na/c1-3-5-6-7-10-23(21,22)16(4-2)12-15(11-14(19)20)9-8-13(17)18;;/h3-12H2,1-2H3,(H,17,18)(H,19,20);;/q;2*+1/p-2. The van der Waals surface area contributed by atoms with Crippen LogP contribution in [0.3, 0.4) is 0 Å². The fraction of sp³-hybridized carbons (Fsp3) is 0.857. The molecule has 0 aliphatic rings. The van der Waals surface area contributed by atoms with E-state index in [0.717, 1.165) is 23.6 Å². The first kappa shape index (κ1) is 30.5. The van der Waals surface area contributed by atoms with Crippen molar-refractivity contribution in [1.82, 2.24) is 9.21 Å². The Labute approximate surface area is 195 Å². The average molecular weight is 396 g/mol. The van der Waals surface area contributed by atoms with Crippen LogP contribution >= 0.6 is 0 Å². The minimum atomic E-state index is -3.51. The van der Waals surface area contributed by atoms with Crippen LogP contribution in [0.5, 0.6) is 0 Å². The average Bonchev–Trinajstić information content (AvgIpc) is 2.45. The van der Waals surface area contributed by atoms with E-state index in [4.69, 9.17) is 0 Å². The van der Waals surface area contributed by atoms with Crippen molar-refractivity contribution in [2.24, 2.45) is 0 Å². The van der Waals surface area contributed by atoms with E-state index in [1.165, 1.54) is 4.90 Å². The maximum absolute atomic E-state index is 12.3. The summed E-state index contributed by atoms with van der Waals surface area (Å²) in [6.45, 7) is 3.05. The molecule has 0 bridgehead atoms. The molecule has 136 valence electrons. The summed E-state index contributed by atoms with van der Waals surface area (Å²) in [7, 11) is -3.51. The van der Waals surface area contributed by atoms with Gasteiger partial charge in [-0.05, 0) is 12.8 Å².